The molecule has 1 heterocycles. The summed E-state index contributed by atoms with van der Waals surface area (Å²) in [5, 5.41) is 3.37. The van der Waals surface area contributed by atoms with E-state index in [4.69, 9.17) is 4.74 Å². The van der Waals surface area contributed by atoms with E-state index in [9.17, 15) is 8.78 Å². The van der Waals surface area contributed by atoms with Gasteiger partial charge in [-0.1, -0.05) is 12.1 Å². The minimum absolute atomic E-state index is 0.0273. The summed E-state index contributed by atoms with van der Waals surface area (Å²) in [6.45, 7) is 1.92. The summed E-state index contributed by atoms with van der Waals surface area (Å²) in [6.07, 6.45) is 2.99. The van der Waals surface area contributed by atoms with Gasteiger partial charge in [0.1, 0.15) is 5.75 Å². The molecule has 1 aromatic carbocycles. The van der Waals surface area contributed by atoms with Gasteiger partial charge in [-0.25, -0.2) is 8.78 Å². The van der Waals surface area contributed by atoms with Gasteiger partial charge in [-0.3, -0.25) is 0 Å². The molecular formula is C14H19F2NO. The Morgan fingerprint density at radius 1 is 1.44 bits per heavy atom. The number of alkyl halides is 2. The standard InChI is InChI=1S/C14H19F2NO/c1-14(15,16)12-7-3-5-10(13(12)18-2)9-11-6-4-8-17-11/h3,5,7,11,17H,4,6,8-9H2,1-2H3. The van der Waals surface area contributed by atoms with Crippen molar-refractivity contribution in [3.05, 3.63) is 29.3 Å². The first-order chi connectivity index (χ1) is 8.52. The van der Waals surface area contributed by atoms with Crippen molar-refractivity contribution in [2.45, 2.75) is 38.2 Å². The van der Waals surface area contributed by atoms with Crippen LogP contribution in [0.25, 0.3) is 0 Å². The van der Waals surface area contributed by atoms with E-state index in [2.05, 4.69) is 5.32 Å². The van der Waals surface area contributed by atoms with Gasteiger partial charge in [-0.2, -0.15) is 0 Å². The average molecular weight is 255 g/mol. The molecular weight excluding hydrogens is 236 g/mol. The molecule has 2 rings (SSSR count). The van der Waals surface area contributed by atoms with Gasteiger partial charge in [0.05, 0.1) is 12.7 Å². The minimum atomic E-state index is -2.87. The fourth-order valence-electron chi connectivity index (χ4n) is 2.53. The first kappa shape index (κ1) is 13.3. The maximum absolute atomic E-state index is 13.5. The first-order valence-electron chi connectivity index (χ1n) is 6.30. The van der Waals surface area contributed by atoms with E-state index in [1.54, 1.807) is 6.07 Å². The van der Waals surface area contributed by atoms with Gasteiger partial charge in [0.25, 0.3) is 5.92 Å². The fraction of sp³-hybridized carbons (Fsp3) is 0.571. The van der Waals surface area contributed by atoms with E-state index in [0.29, 0.717) is 11.8 Å². The van der Waals surface area contributed by atoms with Crippen LogP contribution in [0, 0.1) is 0 Å². The topological polar surface area (TPSA) is 21.3 Å². The zero-order valence-electron chi connectivity index (χ0n) is 10.8. The molecule has 0 radical (unpaired) electrons. The molecule has 1 aliphatic rings. The molecule has 1 aromatic rings. The number of hydrogen-bond donors (Lipinski definition) is 1. The third-order valence-corrected chi connectivity index (χ3v) is 3.40. The molecule has 0 spiro atoms. The summed E-state index contributed by atoms with van der Waals surface area (Å²) in [5.74, 6) is -2.54. The monoisotopic (exact) mass is 255 g/mol. The lowest BCUT2D eigenvalue weighted by molar-refractivity contribution is 0.0149. The second-order valence-electron chi connectivity index (χ2n) is 4.88. The lowest BCUT2D eigenvalue weighted by atomic mass is 9.98. The summed E-state index contributed by atoms with van der Waals surface area (Å²) in [5.41, 5.74) is 0.830. The van der Waals surface area contributed by atoms with Crippen LogP contribution in [0.2, 0.25) is 0 Å². The van der Waals surface area contributed by atoms with Crippen molar-refractivity contribution in [3.63, 3.8) is 0 Å². The van der Waals surface area contributed by atoms with E-state index in [1.165, 1.54) is 13.2 Å². The van der Waals surface area contributed by atoms with E-state index in [-0.39, 0.29) is 5.56 Å². The van der Waals surface area contributed by atoms with Crippen molar-refractivity contribution < 1.29 is 13.5 Å². The van der Waals surface area contributed by atoms with Crippen molar-refractivity contribution in [2.75, 3.05) is 13.7 Å². The fourth-order valence-corrected chi connectivity index (χ4v) is 2.53. The van der Waals surface area contributed by atoms with Gasteiger partial charge in [-0.05, 0) is 37.4 Å². The van der Waals surface area contributed by atoms with Crippen LogP contribution in [0.4, 0.5) is 8.78 Å². The molecule has 100 valence electrons. The van der Waals surface area contributed by atoms with Crippen LogP contribution in [0.1, 0.15) is 30.9 Å². The summed E-state index contributed by atoms with van der Waals surface area (Å²) in [7, 11) is 1.45. The predicted octanol–water partition coefficient (Wildman–Crippen LogP) is 3.10. The SMILES string of the molecule is COc1c(CC2CCCN2)cccc1C(C)(F)F. The molecule has 0 aromatic heterocycles. The van der Waals surface area contributed by atoms with E-state index in [0.717, 1.165) is 38.3 Å². The zero-order chi connectivity index (χ0) is 13.2. The molecule has 1 aliphatic heterocycles. The van der Waals surface area contributed by atoms with Crippen molar-refractivity contribution in [1.29, 1.82) is 0 Å². The van der Waals surface area contributed by atoms with Gasteiger partial charge in [0.2, 0.25) is 0 Å². The number of halogens is 2. The molecule has 1 unspecified atom stereocenters. The smallest absolute Gasteiger partial charge is 0.274 e. The molecule has 2 nitrogen and oxygen atoms in total. The highest BCUT2D eigenvalue weighted by molar-refractivity contribution is 5.44. The van der Waals surface area contributed by atoms with Gasteiger partial charge in [-0.15, -0.1) is 0 Å². The third-order valence-electron chi connectivity index (χ3n) is 3.40. The van der Waals surface area contributed by atoms with Crippen molar-refractivity contribution in [1.82, 2.24) is 5.32 Å². The molecule has 0 bridgehead atoms. The highest BCUT2D eigenvalue weighted by atomic mass is 19.3. The molecule has 0 amide bonds. The Bertz CT molecular complexity index is 409. The summed E-state index contributed by atoms with van der Waals surface area (Å²) in [4.78, 5) is 0. The first-order valence-corrected chi connectivity index (χ1v) is 6.30. The van der Waals surface area contributed by atoms with Crippen molar-refractivity contribution >= 4 is 0 Å². The molecule has 1 fully saturated rings. The Balaban J connectivity index is 2.29. The molecule has 0 saturated carbocycles. The number of methoxy groups -OCH3 is 1. The van der Waals surface area contributed by atoms with E-state index in [1.807, 2.05) is 6.07 Å². The van der Waals surface area contributed by atoms with Crippen LogP contribution in [-0.4, -0.2) is 19.7 Å². The van der Waals surface area contributed by atoms with Crippen LogP contribution in [0.5, 0.6) is 5.75 Å². The molecule has 1 atom stereocenters. The van der Waals surface area contributed by atoms with Crippen molar-refractivity contribution in [3.8, 4) is 5.75 Å². The number of hydrogen-bond acceptors (Lipinski definition) is 2. The quantitative estimate of drug-likeness (QED) is 0.892. The Hall–Kier alpha value is -1.16. The molecule has 1 saturated heterocycles. The maximum Gasteiger partial charge on any atom is 0.274 e. The summed E-state index contributed by atoms with van der Waals surface area (Å²) in [6, 6.07) is 5.36. The van der Waals surface area contributed by atoms with Crippen LogP contribution < -0.4 is 10.1 Å². The lowest BCUT2D eigenvalue weighted by Crippen LogP contribution is -2.24. The van der Waals surface area contributed by atoms with Gasteiger partial charge >= 0.3 is 0 Å². The Morgan fingerprint density at radius 3 is 2.78 bits per heavy atom. The van der Waals surface area contributed by atoms with E-state index < -0.39 is 5.92 Å². The summed E-state index contributed by atoms with van der Waals surface area (Å²) >= 11 is 0. The maximum atomic E-state index is 13.5. The molecule has 18 heavy (non-hydrogen) atoms. The highest BCUT2D eigenvalue weighted by Crippen LogP contribution is 2.37. The average Bonchev–Trinajstić information content (AvgIpc) is 2.80. The summed E-state index contributed by atoms with van der Waals surface area (Å²) < 4.78 is 32.2. The van der Waals surface area contributed by atoms with Crippen LogP contribution in [-0.2, 0) is 12.3 Å². The number of para-hydroxylation sites is 1. The number of benzene rings is 1. The van der Waals surface area contributed by atoms with Gasteiger partial charge in [0, 0.05) is 13.0 Å². The molecule has 4 heteroatoms. The van der Waals surface area contributed by atoms with Gasteiger partial charge < -0.3 is 10.1 Å². The van der Waals surface area contributed by atoms with Gasteiger partial charge in [0.15, 0.2) is 0 Å². The van der Waals surface area contributed by atoms with E-state index >= 15 is 0 Å². The Morgan fingerprint density at radius 2 is 2.22 bits per heavy atom. The Labute approximate surface area is 106 Å². The zero-order valence-corrected chi connectivity index (χ0v) is 10.8. The van der Waals surface area contributed by atoms with Crippen molar-refractivity contribution in [2.24, 2.45) is 0 Å². The van der Waals surface area contributed by atoms with Crippen LogP contribution >= 0.6 is 0 Å². The number of ether oxygens (including phenoxy) is 1. The molecule has 1 N–H and O–H groups in total. The molecule has 0 aliphatic carbocycles. The second kappa shape index (κ2) is 5.22. The normalized spacial score (nSPS) is 20.1. The number of nitrogens with one attached hydrogen (secondary N) is 1. The Kier molecular flexibility index (Phi) is 3.85. The predicted molar refractivity (Wildman–Crippen MR) is 67.3 cm³/mol. The third kappa shape index (κ3) is 2.80. The second-order valence-corrected chi connectivity index (χ2v) is 4.88. The lowest BCUT2D eigenvalue weighted by Gasteiger charge is -2.19. The highest BCUT2D eigenvalue weighted by Gasteiger charge is 2.30. The largest absolute Gasteiger partial charge is 0.496 e. The van der Waals surface area contributed by atoms with Crippen LogP contribution in [0.15, 0.2) is 18.2 Å². The minimum Gasteiger partial charge on any atom is -0.496 e. The van der Waals surface area contributed by atoms with Crippen LogP contribution in [0.3, 0.4) is 0 Å². The number of rotatable bonds is 4.